The van der Waals surface area contributed by atoms with E-state index in [0.717, 1.165) is 54.7 Å². The van der Waals surface area contributed by atoms with Gasteiger partial charge in [0.25, 0.3) is 5.91 Å². The number of nitrogens with zero attached hydrogens (tertiary/aromatic N) is 2. The number of unbranched alkanes of at least 4 members (excludes halogenated alkanes) is 28. The lowest BCUT2D eigenvalue weighted by molar-refractivity contribution is -0.144. The van der Waals surface area contributed by atoms with E-state index in [4.69, 9.17) is 9.47 Å². The molecule has 0 aromatic heterocycles. The number of carboxylic acids is 4. The summed E-state index contributed by atoms with van der Waals surface area (Å²) in [6.07, 6.45) is 37.5. The summed E-state index contributed by atoms with van der Waals surface area (Å²) < 4.78 is 11.3. The van der Waals surface area contributed by atoms with Gasteiger partial charge in [0.2, 0.25) is 17.7 Å². The Morgan fingerprint density at radius 1 is 0.415 bits per heavy atom. The summed E-state index contributed by atoms with van der Waals surface area (Å²) in [5.41, 5.74) is 0.784. The van der Waals surface area contributed by atoms with E-state index in [1.165, 1.54) is 166 Å². The Kier molecular flexibility index (Phi) is 47.0. The molecule has 20 heteroatoms. The SMILES string of the molecule is CCCCCCCCCCCCCCCCCC(=O)NCC(NC(=O)CCCCCCCCCCCCCCCCC)C(=O)NCCOCCOCCNC(=O)c1cc(CN(CC(=O)O)CC(=O)O)cc(CN(CC(=O)O)CC(=O)O)c1. The smallest absolute Gasteiger partial charge is 0.317 e. The number of carbonyl (C=O) groups is 8. The predicted octanol–water partition coefficient (Wildman–Crippen LogP) is 9.63. The summed E-state index contributed by atoms with van der Waals surface area (Å²) in [6, 6.07) is 3.46. The molecular formula is C62H108N6O14. The monoisotopic (exact) mass is 1160 g/mol. The minimum absolute atomic E-state index is 0.0256. The summed E-state index contributed by atoms with van der Waals surface area (Å²) in [5, 5.41) is 48.6. The third-order valence-electron chi connectivity index (χ3n) is 14.2. The van der Waals surface area contributed by atoms with Crippen molar-refractivity contribution < 1.29 is 68.3 Å². The molecule has 20 nitrogen and oxygen atoms in total. The highest BCUT2D eigenvalue weighted by Crippen LogP contribution is 2.18. The Morgan fingerprint density at radius 3 is 1.10 bits per heavy atom. The van der Waals surface area contributed by atoms with Crippen LogP contribution in [0, 0.1) is 0 Å². The lowest BCUT2D eigenvalue weighted by Crippen LogP contribution is -2.53. The maximum absolute atomic E-state index is 13.4. The highest BCUT2D eigenvalue weighted by atomic mass is 16.5. The molecule has 1 aromatic carbocycles. The molecule has 1 rings (SSSR count). The van der Waals surface area contributed by atoms with Gasteiger partial charge in [-0.05, 0) is 36.1 Å². The molecule has 0 spiro atoms. The Balaban J connectivity index is 2.62. The summed E-state index contributed by atoms with van der Waals surface area (Å²) >= 11 is 0. The molecular weight excluding hydrogens is 1050 g/mol. The van der Waals surface area contributed by atoms with Crippen LogP contribution in [0.3, 0.4) is 0 Å². The largest absolute Gasteiger partial charge is 0.480 e. The van der Waals surface area contributed by atoms with E-state index in [2.05, 4.69) is 35.1 Å². The van der Waals surface area contributed by atoms with Gasteiger partial charge in [-0.3, -0.25) is 48.2 Å². The molecule has 1 atom stereocenters. The summed E-state index contributed by atoms with van der Waals surface area (Å²) in [5.74, 6) is -6.47. The second-order valence-electron chi connectivity index (χ2n) is 22.0. The maximum atomic E-state index is 13.4. The van der Waals surface area contributed by atoms with Gasteiger partial charge in [-0.15, -0.1) is 0 Å². The second-order valence-corrected chi connectivity index (χ2v) is 22.0. The van der Waals surface area contributed by atoms with Crippen LogP contribution in [0.2, 0.25) is 0 Å². The van der Waals surface area contributed by atoms with Crippen molar-refractivity contribution in [3.8, 4) is 0 Å². The third-order valence-corrected chi connectivity index (χ3v) is 14.2. The highest BCUT2D eigenvalue weighted by Gasteiger charge is 2.22. The van der Waals surface area contributed by atoms with Gasteiger partial charge < -0.3 is 51.2 Å². The maximum Gasteiger partial charge on any atom is 0.317 e. The van der Waals surface area contributed by atoms with Crippen LogP contribution in [0.1, 0.15) is 241 Å². The topological polar surface area (TPSA) is 291 Å². The minimum Gasteiger partial charge on any atom is -0.480 e. The van der Waals surface area contributed by atoms with Crippen LogP contribution in [0.4, 0.5) is 0 Å². The van der Waals surface area contributed by atoms with E-state index in [1.54, 1.807) is 0 Å². The van der Waals surface area contributed by atoms with Crippen molar-refractivity contribution in [2.24, 2.45) is 0 Å². The van der Waals surface area contributed by atoms with Gasteiger partial charge in [0.1, 0.15) is 6.04 Å². The average molecular weight is 1160 g/mol. The van der Waals surface area contributed by atoms with Crippen molar-refractivity contribution in [1.29, 1.82) is 0 Å². The van der Waals surface area contributed by atoms with Crippen LogP contribution >= 0.6 is 0 Å². The molecule has 0 fully saturated rings. The van der Waals surface area contributed by atoms with E-state index in [-0.39, 0.29) is 76.5 Å². The molecule has 0 saturated carbocycles. The first kappa shape index (κ1) is 74.8. The number of carboxylic acid groups (broad SMARTS) is 4. The Bertz CT molecular complexity index is 1820. The molecule has 1 unspecified atom stereocenters. The summed E-state index contributed by atoms with van der Waals surface area (Å²) in [7, 11) is 0. The van der Waals surface area contributed by atoms with Crippen LogP contribution in [-0.2, 0) is 56.1 Å². The molecule has 0 aliphatic heterocycles. The zero-order chi connectivity index (χ0) is 60.3. The Morgan fingerprint density at radius 2 is 0.744 bits per heavy atom. The molecule has 0 heterocycles. The van der Waals surface area contributed by atoms with Crippen molar-refractivity contribution in [1.82, 2.24) is 31.1 Å². The minimum atomic E-state index is -1.27. The zero-order valence-corrected chi connectivity index (χ0v) is 50.4. The zero-order valence-electron chi connectivity index (χ0n) is 50.4. The second kappa shape index (κ2) is 51.5. The fourth-order valence-corrected chi connectivity index (χ4v) is 9.82. The molecule has 1 aromatic rings. The van der Waals surface area contributed by atoms with Crippen molar-refractivity contribution in [2.45, 2.75) is 238 Å². The first-order valence-corrected chi connectivity index (χ1v) is 31.4. The highest BCUT2D eigenvalue weighted by molar-refractivity contribution is 5.94. The quantitative estimate of drug-likeness (QED) is 0.0282. The number of amides is 4. The van der Waals surface area contributed by atoms with Gasteiger partial charge in [0.05, 0.1) is 52.6 Å². The molecule has 0 bridgehead atoms. The molecule has 470 valence electrons. The van der Waals surface area contributed by atoms with Crippen LogP contribution in [0.25, 0.3) is 0 Å². The van der Waals surface area contributed by atoms with Gasteiger partial charge in [0.15, 0.2) is 0 Å². The number of aliphatic carboxylic acids is 4. The predicted molar refractivity (Wildman–Crippen MR) is 319 cm³/mol. The van der Waals surface area contributed by atoms with Crippen molar-refractivity contribution in [3.05, 3.63) is 34.9 Å². The number of rotatable bonds is 58. The molecule has 0 radical (unpaired) electrons. The standard InChI is InChI=1S/C62H108N6O14/c1-3-5-7-9-11-13-15-17-19-21-23-25-27-29-31-33-55(69)65-44-54(66-56(70)34-32-30-28-26-24-22-20-18-16-14-12-10-8-6-4-2)62(80)64-36-38-82-40-39-81-37-35-63-61(79)53-42-51(45-67(47-57(71)72)48-58(73)74)41-52(43-53)46-68(49-59(75)76)50-60(77)78/h41-43,54H,3-40,44-50H2,1-2H3,(H,63,79)(H,64,80)(H,65,69)(H,66,70)(H,71,72)(H,73,74)(H,75,76)(H,77,78). The number of carbonyl (C=O) groups excluding carboxylic acids is 4. The van der Waals surface area contributed by atoms with Gasteiger partial charge in [-0.2, -0.15) is 0 Å². The van der Waals surface area contributed by atoms with Gasteiger partial charge >= 0.3 is 23.9 Å². The lowest BCUT2D eigenvalue weighted by atomic mass is 10.0. The number of benzene rings is 1. The molecule has 0 aliphatic carbocycles. The molecule has 8 N–H and O–H groups in total. The van der Waals surface area contributed by atoms with Crippen molar-refractivity contribution in [2.75, 3.05) is 72.2 Å². The summed E-state index contributed by atoms with van der Waals surface area (Å²) in [4.78, 5) is 101. The van der Waals surface area contributed by atoms with E-state index < -0.39 is 67.9 Å². The van der Waals surface area contributed by atoms with Crippen LogP contribution in [-0.4, -0.2) is 156 Å². The van der Waals surface area contributed by atoms with Crippen molar-refractivity contribution in [3.63, 3.8) is 0 Å². The van der Waals surface area contributed by atoms with Gasteiger partial charge in [-0.1, -0.05) is 200 Å². The molecule has 0 aliphatic rings. The molecule has 4 amide bonds. The fraction of sp³-hybridized carbons (Fsp3) is 0.774. The van der Waals surface area contributed by atoms with E-state index in [9.17, 15) is 58.8 Å². The lowest BCUT2D eigenvalue weighted by Gasteiger charge is -2.21. The Labute approximate surface area is 490 Å². The number of nitrogens with one attached hydrogen (secondary N) is 4. The van der Waals surface area contributed by atoms with E-state index >= 15 is 0 Å². The first-order chi connectivity index (χ1) is 39.6. The van der Waals surface area contributed by atoms with E-state index in [0.29, 0.717) is 24.0 Å². The van der Waals surface area contributed by atoms with Crippen LogP contribution in [0.15, 0.2) is 18.2 Å². The number of ether oxygens (including phenoxy) is 2. The number of hydrogen-bond donors (Lipinski definition) is 8. The average Bonchev–Trinajstić information content (AvgIpc) is 3.42. The third kappa shape index (κ3) is 45.3. The van der Waals surface area contributed by atoms with Crippen LogP contribution in [0.5, 0.6) is 0 Å². The fourth-order valence-electron chi connectivity index (χ4n) is 9.82. The van der Waals surface area contributed by atoms with Crippen LogP contribution < -0.4 is 21.3 Å². The summed E-state index contributed by atoms with van der Waals surface area (Å²) in [6.45, 7) is 2.39. The van der Waals surface area contributed by atoms with Gasteiger partial charge in [0, 0.05) is 51.1 Å². The molecule has 0 saturated heterocycles. The number of hydrogen-bond acceptors (Lipinski definition) is 12. The first-order valence-electron chi connectivity index (χ1n) is 31.4. The Hall–Kier alpha value is -5.18. The van der Waals surface area contributed by atoms with Gasteiger partial charge in [-0.25, -0.2) is 0 Å². The van der Waals surface area contributed by atoms with Crippen molar-refractivity contribution >= 4 is 47.5 Å². The van der Waals surface area contributed by atoms with E-state index in [1.807, 2.05) is 0 Å². The molecule has 82 heavy (non-hydrogen) atoms. The normalized spacial score (nSPS) is 11.7.